The minimum atomic E-state index is -0.503. The Balaban J connectivity index is 2.06. The number of carbonyl (C=O) groups is 2. The molecule has 1 aromatic heterocycles. The van der Waals surface area contributed by atoms with Gasteiger partial charge in [-0.25, -0.2) is 14.6 Å². The van der Waals surface area contributed by atoms with Gasteiger partial charge >= 0.3 is 11.9 Å². The molecule has 0 aliphatic rings. The topological polar surface area (TPSA) is 65.5 Å². The Labute approximate surface area is 202 Å². The Hall–Kier alpha value is -1.91. The Kier molecular flexibility index (Phi) is 17.3. The molecule has 1 heterocycles. The normalized spacial score (nSPS) is 11.8. The standard InChI is InChI=1S/C28H47NO4/c1-4-6-7-8-9-10-11-12-13-14-15-16-17-18-22-32-27(30)25-20-19-21-26(29-25)28(31)33-23-24(3)5-2/h19-21,24H,4-18,22-23H2,1-3H3. The number of hydrogen-bond acceptors (Lipinski definition) is 5. The number of esters is 2. The minimum Gasteiger partial charge on any atom is -0.461 e. The van der Waals surface area contributed by atoms with E-state index < -0.39 is 11.9 Å². The van der Waals surface area contributed by atoms with Crippen molar-refractivity contribution in [3.8, 4) is 0 Å². The molecule has 0 fully saturated rings. The first-order valence-electron chi connectivity index (χ1n) is 13.4. The summed E-state index contributed by atoms with van der Waals surface area (Å²) in [4.78, 5) is 28.5. The lowest BCUT2D eigenvalue weighted by atomic mass is 10.0. The summed E-state index contributed by atoms with van der Waals surface area (Å²) in [5, 5.41) is 0. The zero-order valence-corrected chi connectivity index (χ0v) is 21.4. The highest BCUT2D eigenvalue weighted by Gasteiger charge is 2.15. The van der Waals surface area contributed by atoms with Crippen molar-refractivity contribution in [1.82, 2.24) is 4.98 Å². The average Bonchev–Trinajstić information content (AvgIpc) is 2.84. The molecule has 188 valence electrons. The van der Waals surface area contributed by atoms with Crippen molar-refractivity contribution in [2.75, 3.05) is 13.2 Å². The van der Waals surface area contributed by atoms with Gasteiger partial charge in [-0.2, -0.15) is 0 Å². The van der Waals surface area contributed by atoms with Crippen LogP contribution in [0.25, 0.3) is 0 Å². The molecular weight excluding hydrogens is 414 g/mol. The molecule has 0 aliphatic heterocycles. The van der Waals surface area contributed by atoms with Crippen LogP contribution in [0.15, 0.2) is 18.2 Å². The lowest BCUT2D eigenvalue weighted by molar-refractivity contribution is 0.0438. The Morgan fingerprint density at radius 3 is 1.67 bits per heavy atom. The van der Waals surface area contributed by atoms with E-state index in [0.717, 1.165) is 19.3 Å². The van der Waals surface area contributed by atoms with Gasteiger partial charge < -0.3 is 9.47 Å². The van der Waals surface area contributed by atoms with Gasteiger partial charge in [-0.05, 0) is 24.5 Å². The second-order valence-corrected chi connectivity index (χ2v) is 9.25. The largest absolute Gasteiger partial charge is 0.461 e. The molecule has 0 saturated heterocycles. The van der Waals surface area contributed by atoms with Crippen LogP contribution >= 0.6 is 0 Å². The summed E-state index contributed by atoms with van der Waals surface area (Å²) in [6.45, 7) is 7.07. The van der Waals surface area contributed by atoms with Crippen LogP contribution < -0.4 is 0 Å². The molecule has 0 radical (unpaired) electrons. The molecular formula is C28H47NO4. The fourth-order valence-electron chi connectivity index (χ4n) is 3.61. The van der Waals surface area contributed by atoms with E-state index in [2.05, 4.69) is 11.9 Å². The molecule has 1 atom stereocenters. The minimum absolute atomic E-state index is 0.143. The summed E-state index contributed by atoms with van der Waals surface area (Å²) in [6, 6.07) is 4.76. The van der Waals surface area contributed by atoms with E-state index >= 15 is 0 Å². The number of aromatic nitrogens is 1. The molecule has 5 heteroatoms. The monoisotopic (exact) mass is 461 g/mol. The van der Waals surface area contributed by atoms with Gasteiger partial charge in [0, 0.05) is 0 Å². The lowest BCUT2D eigenvalue weighted by Crippen LogP contribution is -2.15. The summed E-state index contributed by atoms with van der Waals surface area (Å²) in [5.41, 5.74) is 0.294. The van der Waals surface area contributed by atoms with Crippen molar-refractivity contribution >= 4 is 11.9 Å². The van der Waals surface area contributed by atoms with Crippen LogP contribution in [0.1, 0.15) is 138 Å². The second kappa shape index (κ2) is 19.5. The molecule has 1 unspecified atom stereocenters. The number of nitrogens with zero attached hydrogens (tertiary/aromatic N) is 1. The molecule has 0 bridgehead atoms. The zero-order valence-electron chi connectivity index (χ0n) is 21.4. The molecule has 0 N–H and O–H groups in total. The van der Waals surface area contributed by atoms with E-state index in [4.69, 9.17) is 9.47 Å². The first-order valence-corrected chi connectivity index (χ1v) is 13.4. The predicted molar refractivity (Wildman–Crippen MR) is 135 cm³/mol. The number of carbonyl (C=O) groups excluding carboxylic acids is 2. The number of ether oxygens (including phenoxy) is 2. The molecule has 0 saturated carbocycles. The maximum absolute atomic E-state index is 12.2. The van der Waals surface area contributed by atoms with Gasteiger partial charge in [0.1, 0.15) is 11.4 Å². The number of pyridine rings is 1. The van der Waals surface area contributed by atoms with Gasteiger partial charge in [-0.3, -0.25) is 0 Å². The van der Waals surface area contributed by atoms with Crippen LogP contribution in [0.3, 0.4) is 0 Å². The molecule has 0 aromatic carbocycles. The van der Waals surface area contributed by atoms with E-state index in [1.807, 2.05) is 13.8 Å². The predicted octanol–water partition coefficient (Wildman–Crippen LogP) is 7.92. The maximum Gasteiger partial charge on any atom is 0.356 e. The van der Waals surface area contributed by atoms with Gasteiger partial charge in [0.05, 0.1) is 13.2 Å². The van der Waals surface area contributed by atoms with Crippen LogP contribution in [0, 0.1) is 5.92 Å². The molecule has 1 rings (SSSR count). The zero-order chi connectivity index (χ0) is 24.2. The highest BCUT2D eigenvalue weighted by molar-refractivity contribution is 5.91. The molecule has 0 amide bonds. The second-order valence-electron chi connectivity index (χ2n) is 9.25. The third-order valence-electron chi connectivity index (χ3n) is 6.09. The average molecular weight is 462 g/mol. The first-order chi connectivity index (χ1) is 16.1. The van der Waals surface area contributed by atoms with Crippen LogP contribution in [-0.2, 0) is 9.47 Å². The SMILES string of the molecule is CCCCCCCCCCCCCCCCOC(=O)c1cccc(C(=O)OCC(C)CC)n1. The fourth-order valence-corrected chi connectivity index (χ4v) is 3.61. The van der Waals surface area contributed by atoms with Gasteiger partial charge in [-0.1, -0.05) is 117 Å². The van der Waals surface area contributed by atoms with E-state index in [0.29, 0.717) is 19.1 Å². The van der Waals surface area contributed by atoms with Crippen LogP contribution in [0.2, 0.25) is 0 Å². The Morgan fingerprint density at radius 2 is 1.18 bits per heavy atom. The third kappa shape index (κ3) is 14.8. The lowest BCUT2D eigenvalue weighted by Gasteiger charge is -2.09. The maximum atomic E-state index is 12.2. The van der Waals surface area contributed by atoms with Crippen molar-refractivity contribution < 1.29 is 19.1 Å². The summed E-state index contributed by atoms with van der Waals surface area (Å²) < 4.78 is 10.6. The summed E-state index contributed by atoms with van der Waals surface area (Å²) in [6.07, 6.45) is 19.0. The highest BCUT2D eigenvalue weighted by Crippen LogP contribution is 2.13. The summed E-state index contributed by atoms with van der Waals surface area (Å²) in [5.74, 6) is -0.689. The van der Waals surface area contributed by atoms with Crippen molar-refractivity contribution in [3.05, 3.63) is 29.6 Å². The number of unbranched alkanes of at least 4 members (excludes halogenated alkanes) is 13. The van der Waals surface area contributed by atoms with Gasteiger partial charge in [0.15, 0.2) is 0 Å². The van der Waals surface area contributed by atoms with Gasteiger partial charge in [0.25, 0.3) is 0 Å². The molecule has 0 aliphatic carbocycles. The number of rotatable bonds is 20. The van der Waals surface area contributed by atoms with Crippen LogP contribution in [0.4, 0.5) is 0 Å². The van der Waals surface area contributed by atoms with Crippen LogP contribution in [0.5, 0.6) is 0 Å². The van der Waals surface area contributed by atoms with Gasteiger partial charge in [-0.15, -0.1) is 0 Å². The molecule has 1 aromatic rings. The smallest absolute Gasteiger partial charge is 0.356 e. The summed E-state index contributed by atoms with van der Waals surface area (Å²) >= 11 is 0. The third-order valence-corrected chi connectivity index (χ3v) is 6.09. The molecule has 33 heavy (non-hydrogen) atoms. The molecule has 0 spiro atoms. The van der Waals surface area contributed by atoms with Gasteiger partial charge in [0.2, 0.25) is 0 Å². The highest BCUT2D eigenvalue weighted by atomic mass is 16.5. The molecule has 5 nitrogen and oxygen atoms in total. The van der Waals surface area contributed by atoms with Crippen molar-refractivity contribution in [2.24, 2.45) is 5.92 Å². The van der Waals surface area contributed by atoms with E-state index in [-0.39, 0.29) is 11.4 Å². The number of hydrogen-bond donors (Lipinski definition) is 0. The van der Waals surface area contributed by atoms with E-state index in [1.54, 1.807) is 18.2 Å². The van der Waals surface area contributed by atoms with E-state index in [9.17, 15) is 9.59 Å². The van der Waals surface area contributed by atoms with Crippen molar-refractivity contribution in [2.45, 2.75) is 117 Å². The Bertz CT molecular complexity index is 647. The Morgan fingerprint density at radius 1 is 0.727 bits per heavy atom. The fraction of sp³-hybridized carbons (Fsp3) is 0.750. The van der Waals surface area contributed by atoms with Crippen LogP contribution in [-0.4, -0.2) is 30.1 Å². The quantitative estimate of drug-likeness (QED) is 0.146. The summed E-state index contributed by atoms with van der Waals surface area (Å²) in [7, 11) is 0. The first kappa shape index (κ1) is 29.1. The van der Waals surface area contributed by atoms with Crippen molar-refractivity contribution in [1.29, 1.82) is 0 Å². The van der Waals surface area contributed by atoms with E-state index in [1.165, 1.54) is 77.0 Å². The van der Waals surface area contributed by atoms with Crippen molar-refractivity contribution in [3.63, 3.8) is 0 Å².